The molecule has 0 heterocycles. The van der Waals surface area contributed by atoms with Gasteiger partial charge in [-0.1, -0.05) is 46.3 Å². The summed E-state index contributed by atoms with van der Waals surface area (Å²) in [6, 6.07) is 8.26. The van der Waals surface area contributed by atoms with Crippen molar-refractivity contribution < 1.29 is 0 Å². The first-order valence-electron chi connectivity index (χ1n) is 4.43. The summed E-state index contributed by atoms with van der Waals surface area (Å²) in [5.41, 5.74) is 6.69. The first-order valence-corrected chi connectivity index (χ1v) is 5.22. The molecule has 0 fully saturated rings. The van der Waals surface area contributed by atoms with Gasteiger partial charge in [0.05, 0.1) is 0 Å². The Hall–Kier alpha value is -0.600. The lowest BCUT2D eigenvalue weighted by Gasteiger charge is -1.98. The summed E-state index contributed by atoms with van der Waals surface area (Å²) in [7, 11) is 0. The monoisotopic (exact) mass is 239 g/mol. The molecule has 0 saturated heterocycles. The molecule has 0 spiro atoms. The van der Waals surface area contributed by atoms with E-state index >= 15 is 0 Å². The molecule has 1 rings (SSSR count). The smallest absolute Gasteiger partial charge is 0.0210 e. The van der Waals surface area contributed by atoms with Crippen LogP contribution in [0.1, 0.15) is 12.0 Å². The third-order valence-electron chi connectivity index (χ3n) is 1.80. The quantitative estimate of drug-likeness (QED) is 0.804. The Morgan fingerprint density at radius 3 is 2.69 bits per heavy atom. The van der Waals surface area contributed by atoms with Crippen LogP contribution < -0.4 is 5.73 Å². The summed E-state index contributed by atoms with van der Waals surface area (Å²) in [5, 5.41) is 0. The second kappa shape index (κ2) is 5.95. The Bertz CT molecular complexity index is 281. The fourth-order valence-electron chi connectivity index (χ4n) is 1.09. The molecule has 2 N–H and O–H groups in total. The molecule has 0 amide bonds. The third-order valence-corrected chi connectivity index (χ3v) is 2.57. The van der Waals surface area contributed by atoms with Gasteiger partial charge in [0.15, 0.2) is 0 Å². The van der Waals surface area contributed by atoms with Crippen molar-refractivity contribution in [3.63, 3.8) is 0 Å². The van der Waals surface area contributed by atoms with Gasteiger partial charge in [0, 0.05) is 4.47 Å². The highest BCUT2D eigenvalue weighted by atomic mass is 79.9. The van der Waals surface area contributed by atoms with Crippen molar-refractivity contribution in [2.45, 2.75) is 12.8 Å². The van der Waals surface area contributed by atoms with Crippen LogP contribution in [0, 0.1) is 0 Å². The molecule has 0 atom stereocenters. The number of allylic oxidation sites excluding steroid dienone is 1. The average Bonchev–Trinajstić information content (AvgIpc) is 2.15. The molecule has 13 heavy (non-hydrogen) atoms. The highest BCUT2D eigenvalue weighted by Crippen LogP contribution is 2.16. The maximum atomic E-state index is 5.38. The van der Waals surface area contributed by atoms with Gasteiger partial charge in [0.1, 0.15) is 0 Å². The number of rotatable bonds is 4. The lowest BCUT2D eigenvalue weighted by atomic mass is 10.1. The second-order valence-corrected chi connectivity index (χ2v) is 3.70. The molecular weight excluding hydrogens is 226 g/mol. The van der Waals surface area contributed by atoms with Crippen LogP contribution in [0.2, 0.25) is 0 Å². The highest BCUT2D eigenvalue weighted by Gasteiger charge is 1.93. The Morgan fingerprint density at radius 2 is 2.00 bits per heavy atom. The lowest BCUT2D eigenvalue weighted by molar-refractivity contribution is 1.00. The fourth-order valence-corrected chi connectivity index (χ4v) is 1.53. The molecule has 1 aromatic rings. The van der Waals surface area contributed by atoms with E-state index < -0.39 is 0 Å². The minimum Gasteiger partial charge on any atom is -0.330 e. The summed E-state index contributed by atoms with van der Waals surface area (Å²) in [5.74, 6) is 0. The van der Waals surface area contributed by atoms with Gasteiger partial charge in [-0.2, -0.15) is 0 Å². The van der Waals surface area contributed by atoms with E-state index in [1.54, 1.807) is 0 Å². The molecule has 70 valence electrons. The number of hydrogen-bond acceptors (Lipinski definition) is 1. The van der Waals surface area contributed by atoms with Gasteiger partial charge in [0.2, 0.25) is 0 Å². The van der Waals surface area contributed by atoms with Gasteiger partial charge >= 0.3 is 0 Å². The number of benzene rings is 1. The van der Waals surface area contributed by atoms with E-state index in [0.717, 1.165) is 19.4 Å². The first kappa shape index (κ1) is 10.5. The number of hydrogen-bond donors (Lipinski definition) is 1. The van der Waals surface area contributed by atoms with Crippen molar-refractivity contribution in [3.05, 3.63) is 46.5 Å². The van der Waals surface area contributed by atoms with Gasteiger partial charge in [-0.05, 0) is 31.0 Å². The van der Waals surface area contributed by atoms with E-state index in [2.05, 4.69) is 46.3 Å². The highest BCUT2D eigenvalue weighted by molar-refractivity contribution is 9.10. The molecule has 0 aliphatic rings. The molecule has 0 unspecified atom stereocenters. The molecule has 1 aromatic carbocycles. The van der Waals surface area contributed by atoms with Crippen molar-refractivity contribution in [3.8, 4) is 0 Å². The molecule has 1 nitrogen and oxygen atoms in total. The van der Waals surface area contributed by atoms with Crippen LogP contribution in [-0.4, -0.2) is 6.54 Å². The van der Waals surface area contributed by atoms with Crippen molar-refractivity contribution in [2.24, 2.45) is 5.73 Å². The van der Waals surface area contributed by atoms with Gasteiger partial charge in [-0.15, -0.1) is 0 Å². The largest absolute Gasteiger partial charge is 0.330 e. The first-order chi connectivity index (χ1) is 6.34. The van der Waals surface area contributed by atoms with Crippen molar-refractivity contribution in [1.29, 1.82) is 0 Å². The predicted molar refractivity (Wildman–Crippen MR) is 60.7 cm³/mol. The molecule has 0 bridgehead atoms. The molecular formula is C11H14BrN. The SMILES string of the molecule is NCCC=CCc1ccccc1Br. The zero-order chi connectivity index (χ0) is 9.52. The molecule has 0 aromatic heterocycles. The van der Waals surface area contributed by atoms with E-state index in [4.69, 9.17) is 5.73 Å². The van der Waals surface area contributed by atoms with Crippen LogP contribution >= 0.6 is 15.9 Å². The van der Waals surface area contributed by atoms with E-state index in [9.17, 15) is 0 Å². The van der Waals surface area contributed by atoms with Gasteiger partial charge in [-0.25, -0.2) is 0 Å². The van der Waals surface area contributed by atoms with Crippen molar-refractivity contribution >= 4 is 15.9 Å². The number of nitrogens with two attached hydrogens (primary N) is 1. The topological polar surface area (TPSA) is 26.0 Å². The minimum atomic E-state index is 0.729. The standard InChI is InChI=1S/C11H14BrN/c12-11-8-4-3-7-10(11)6-2-1-5-9-13/h1-4,7-8H,5-6,9,13H2. The normalized spacial score (nSPS) is 10.9. The van der Waals surface area contributed by atoms with Crippen LogP contribution in [-0.2, 0) is 6.42 Å². The zero-order valence-electron chi connectivity index (χ0n) is 7.54. The second-order valence-electron chi connectivity index (χ2n) is 2.84. The maximum Gasteiger partial charge on any atom is 0.0210 e. The average molecular weight is 240 g/mol. The van der Waals surface area contributed by atoms with Crippen LogP contribution in [0.25, 0.3) is 0 Å². The van der Waals surface area contributed by atoms with E-state index in [1.165, 1.54) is 10.0 Å². The maximum absolute atomic E-state index is 5.38. The van der Waals surface area contributed by atoms with Crippen molar-refractivity contribution in [2.75, 3.05) is 6.54 Å². The summed E-state index contributed by atoms with van der Waals surface area (Å²) < 4.78 is 1.17. The van der Waals surface area contributed by atoms with Gasteiger partial charge in [0.25, 0.3) is 0 Å². The zero-order valence-corrected chi connectivity index (χ0v) is 9.13. The predicted octanol–water partition coefficient (Wildman–Crippen LogP) is 2.90. The van der Waals surface area contributed by atoms with Crippen LogP contribution in [0.5, 0.6) is 0 Å². The van der Waals surface area contributed by atoms with Crippen molar-refractivity contribution in [1.82, 2.24) is 0 Å². The summed E-state index contributed by atoms with van der Waals surface area (Å²) in [4.78, 5) is 0. The summed E-state index contributed by atoms with van der Waals surface area (Å²) >= 11 is 3.51. The number of halogens is 1. The minimum absolute atomic E-state index is 0.729. The van der Waals surface area contributed by atoms with Crippen LogP contribution in [0.4, 0.5) is 0 Å². The summed E-state index contributed by atoms with van der Waals surface area (Å²) in [6.45, 7) is 0.729. The lowest BCUT2D eigenvalue weighted by Crippen LogP contribution is -1.95. The summed E-state index contributed by atoms with van der Waals surface area (Å²) in [6.07, 6.45) is 6.22. The molecule has 0 aliphatic carbocycles. The van der Waals surface area contributed by atoms with Gasteiger partial charge in [-0.3, -0.25) is 0 Å². The van der Waals surface area contributed by atoms with E-state index in [0.29, 0.717) is 0 Å². The Balaban J connectivity index is 2.49. The molecule has 0 aliphatic heterocycles. The van der Waals surface area contributed by atoms with E-state index in [1.807, 2.05) is 6.07 Å². The molecule has 2 heteroatoms. The van der Waals surface area contributed by atoms with Crippen LogP contribution in [0.3, 0.4) is 0 Å². The third kappa shape index (κ3) is 3.75. The molecule has 0 saturated carbocycles. The van der Waals surface area contributed by atoms with Crippen LogP contribution in [0.15, 0.2) is 40.9 Å². The Labute approximate surface area is 87.8 Å². The van der Waals surface area contributed by atoms with E-state index in [-0.39, 0.29) is 0 Å². The fraction of sp³-hybridized carbons (Fsp3) is 0.273. The molecule has 0 radical (unpaired) electrons. The Kier molecular flexibility index (Phi) is 4.79. The van der Waals surface area contributed by atoms with Gasteiger partial charge < -0.3 is 5.73 Å². The Morgan fingerprint density at radius 1 is 1.23 bits per heavy atom.